The van der Waals surface area contributed by atoms with Crippen molar-refractivity contribution in [2.24, 2.45) is 0 Å². The molecule has 2 aliphatic carbocycles. The maximum Gasteiger partial charge on any atom is 0.268 e. The van der Waals surface area contributed by atoms with E-state index in [1.165, 1.54) is 30.6 Å². The number of nitrogens with two attached hydrogens (primary N) is 1. The van der Waals surface area contributed by atoms with Gasteiger partial charge >= 0.3 is 0 Å². The van der Waals surface area contributed by atoms with E-state index in [4.69, 9.17) is 10.5 Å². The summed E-state index contributed by atoms with van der Waals surface area (Å²) in [4.78, 5) is 19.4. The van der Waals surface area contributed by atoms with E-state index in [2.05, 4.69) is 10.3 Å². The van der Waals surface area contributed by atoms with Crippen molar-refractivity contribution in [3.63, 3.8) is 0 Å². The molecule has 2 saturated carbocycles. The average Bonchev–Trinajstić information content (AvgIpc) is 3.18. The molecule has 2 fully saturated rings. The van der Waals surface area contributed by atoms with Gasteiger partial charge in [-0.2, -0.15) is 0 Å². The van der Waals surface area contributed by atoms with E-state index in [1.54, 1.807) is 7.11 Å². The van der Waals surface area contributed by atoms with Crippen molar-refractivity contribution in [3.05, 3.63) is 4.88 Å². The number of aromatic nitrogens is 1. The predicted octanol–water partition coefficient (Wildman–Crippen LogP) is 1.94. The Balaban J connectivity index is 1.69. The topological polar surface area (TPSA) is 80.5 Å². The van der Waals surface area contributed by atoms with Crippen LogP contribution in [0.2, 0.25) is 0 Å². The molecular weight excluding hydrogens is 288 g/mol. The number of anilines is 2. The molecule has 0 bridgehead atoms. The molecule has 0 aliphatic heterocycles. The van der Waals surface area contributed by atoms with Crippen LogP contribution < -0.4 is 11.1 Å². The van der Waals surface area contributed by atoms with E-state index in [1.807, 2.05) is 4.90 Å². The molecule has 1 amide bonds. The summed E-state index contributed by atoms with van der Waals surface area (Å²) in [5.74, 6) is 0.334. The number of hydrogen-bond donors (Lipinski definition) is 2. The second-order valence-electron chi connectivity index (χ2n) is 5.73. The first kappa shape index (κ1) is 14.6. The standard InChI is InChI=1S/C14H22N4O2S/c1-20-8-7-18(10-5-6-10)13(19)11-12(15)17-14(21-11)16-9-3-2-4-9/h9-10H,2-8,15H2,1H3,(H,16,17). The van der Waals surface area contributed by atoms with Gasteiger partial charge in [-0.05, 0) is 32.1 Å². The number of methoxy groups -OCH3 is 1. The molecule has 2 aliphatic rings. The van der Waals surface area contributed by atoms with Crippen LogP contribution in [0.4, 0.5) is 10.9 Å². The van der Waals surface area contributed by atoms with Gasteiger partial charge in [-0.15, -0.1) is 0 Å². The van der Waals surface area contributed by atoms with Gasteiger partial charge in [0.2, 0.25) is 0 Å². The van der Waals surface area contributed by atoms with Crippen molar-refractivity contribution in [2.45, 2.75) is 44.2 Å². The maximum atomic E-state index is 12.7. The highest BCUT2D eigenvalue weighted by Crippen LogP contribution is 2.33. The number of nitrogens with one attached hydrogen (secondary N) is 1. The number of carbonyl (C=O) groups is 1. The molecule has 7 heteroatoms. The van der Waals surface area contributed by atoms with Crippen molar-refractivity contribution >= 4 is 28.2 Å². The summed E-state index contributed by atoms with van der Waals surface area (Å²) in [6, 6.07) is 0.837. The Labute approximate surface area is 128 Å². The van der Waals surface area contributed by atoms with E-state index in [-0.39, 0.29) is 5.91 Å². The number of nitrogens with zero attached hydrogens (tertiary/aromatic N) is 2. The normalized spacial score (nSPS) is 18.3. The lowest BCUT2D eigenvalue weighted by Gasteiger charge is -2.25. The van der Waals surface area contributed by atoms with Gasteiger partial charge in [-0.25, -0.2) is 4.98 Å². The fourth-order valence-electron chi connectivity index (χ4n) is 2.43. The fraction of sp³-hybridized carbons (Fsp3) is 0.714. The number of carbonyl (C=O) groups excluding carboxylic acids is 1. The first-order valence-corrected chi connectivity index (χ1v) is 8.33. The van der Waals surface area contributed by atoms with E-state index in [9.17, 15) is 4.79 Å². The Morgan fingerprint density at radius 2 is 2.24 bits per heavy atom. The Morgan fingerprint density at radius 3 is 2.81 bits per heavy atom. The predicted molar refractivity (Wildman–Crippen MR) is 83.7 cm³/mol. The highest BCUT2D eigenvalue weighted by molar-refractivity contribution is 7.18. The molecule has 0 atom stereocenters. The van der Waals surface area contributed by atoms with E-state index in [0.29, 0.717) is 35.9 Å². The van der Waals surface area contributed by atoms with Crippen molar-refractivity contribution in [1.29, 1.82) is 0 Å². The summed E-state index contributed by atoms with van der Waals surface area (Å²) in [6.45, 7) is 1.16. The smallest absolute Gasteiger partial charge is 0.268 e. The van der Waals surface area contributed by atoms with Crippen molar-refractivity contribution in [2.75, 3.05) is 31.3 Å². The summed E-state index contributed by atoms with van der Waals surface area (Å²) in [5, 5.41) is 4.12. The molecule has 0 unspecified atom stereocenters. The Kier molecular flexibility index (Phi) is 4.30. The Bertz CT molecular complexity index is 511. The SMILES string of the molecule is COCCN(C(=O)c1sc(NC2CCC2)nc1N)C1CC1. The number of hydrogen-bond acceptors (Lipinski definition) is 6. The molecular formula is C14H22N4O2S. The van der Waals surface area contributed by atoms with Gasteiger partial charge in [0.05, 0.1) is 6.61 Å². The second kappa shape index (κ2) is 6.19. The van der Waals surface area contributed by atoms with Gasteiger partial charge in [0.25, 0.3) is 5.91 Å². The van der Waals surface area contributed by atoms with Gasteiger partial charge in [-0.1, -0.05) is 11.3 Å². The van der Waals surface area contributed by atoms with Crippen molar-refractivity contribution in [3.8, 4) is 0 Å². The molecule has 1 aromatic rings. The summed E-state index contributed by atoms with van der Waals surface area (Å²) < 4.78 is 5.10. The van der Waals surface area contributed by atoms with Crippen LogP contribution in [0.1, 0.15) is 41.8 Å². The molecule has 1 aromatic heterocycles. The quantitative estimate of drug-likeness (QED) is 0.804. The van der Waals surface area contributed by atoms with Gasteiger partial charge < -0.3 is 20.7 Å². The van der Waals surface area contributed by atoms with Crippen molar-refractivity contribution < 1.29 is 9.53 Å². The highest BCUT2D eigenvalue weighted by Gasteiger charge is 2.34. The Hall–Kier alpha value is -1.34. The molecule has 0 radical (unpaired) electrons. The average molecular weight is 310 g/mol. The van der Waals surface area contributed by atoms with Crippen LogP contribution in [0.25, 0.3) is 0 Å². The minimum absolute atomic E-state index is 0.00814. The lowest BCUT2D eigenvalue weighted by Crippen LogP contribution is -2.35. The molecule has 0 saturated heterocycles. The zero-order chi connectivity index (χ0) is 14.8. The largest absolute Gasteiger partial charge is 0.383 e. The Morgan fingerprint density at radius 1 is 1.48 bits per heavy atom. The highest BCUT2D eigenvalue weighted by atomic mass is 32.1. The minimum Gasteiger partial charge on any atom is -0.383 e. The maximum absolute atomic E-state index is 12.7. The summed E-state index contributed by atoms with van der Waals surface area (Å²) in [7, 11) is 1.65. The fourth-order valence-corrected chi connectivity index (χ4v) is 3.35. The summed E-state index contributed by atoms with van der Waals surface area (Å²) >= 11 is 1.37. The molecule has 116 valence electrons. The molecule has 6 nitrogen and oxygen atoms in total. The van der Waals surface area contributed by atoms with Crippen molar-refractivity contribution in [1.82, 2.24) is 9.88 Å². The minimum atomic E-state index is -0.00814. The molecule has 3 rings (SSSR count). The number of amides is 1. The number of ether oxygens (including phenoxy) is 1. The zero-order valence-corrected chi connectivity index (χ0v) is 13.1. The molecule has 0 aromatic carbocycles. The lowest BCUT2D eigenvalue weighted by molar-refractivity contribution is 0.0685. The van der Waals surface area contributed by atoms with Gasteiger partial charge in [-0.3, -0.25) is 4.79 Å². The van der Waals surface area contributed by atoms with Crippen LogP contribution in [0, 0.1) is 0 Å². The third-order valence-corrected chi connectivity index (χ3v) is 5.06. The van der Waals surface area contributed by atoms with Gasteiger partial charge in [0, 0.05) is 25.7 Å². The zero-order valence-electron chi connectivity index (χ0n) is 12.3. The van der Waals surface area contributed by atoms with Crippen LogP contribution in [0.3, 0.4) is 0 Å². The molecule has 0 spiro atoms. The first-order chi connectivity index (χ1) is 10.2. The van der Waals surface area contributed by atoms with Gasteiger partial charge in [0.15, 0.2) is 5.13 Å². The van der Waals surface area contributed by atoms with Crippen LogP contribution in [0.5, 0.6) is 0 Å². The van der Waals surface area contributed by atoms with Crippen LogP contribution >= 0.6 is 11.3 Å². The molecule has 3 N–H and O–H groups in total. The monoisotopic (exact) mass is 310 g/mol. The van der Waals surface area contributed by atoms with Gasteiger partial charge in [0.1, 0.15) is 10.7 Å². The number of nitrogen functional groups attached to an aromatic ring is 1. The van der Waals surface area contributed by atoms with Crippen LogP contribution in [-0.2, 0) is 4.74 Å². The first-order valence-electron chi connectivity index (χ1n) is 7.51. The lowest BCUT2D eigenvalue weighted by atomic mass is 9.93. The molecule has 21 heavy (non-hydrogen) atoms. The second-order valence-corrected chi connectivity index (χ2v) is 6.73. The van der Waals surface area contributed by atoms with Crippen LogP contribution in [0.15, 0.2) is 0 Å². The molecule has 1 heterocycles. The van der Waals surface area contributed by atoms with E-state index >= 15 is 0 Å². The summed E-state index contributed by atoms with van der Waals surface area (Å²) in [6.07, 6.45) is 5.75. The summed E-state index contributed by atoms with van der Waals surface area (Å²) in [5.41, 5.74) is 5.95. The van der Waals surface area contributed by atoms with E-state index < -0.39 is 0 Å². The number of thiazole rings is 1. The third kappa shape index (κ3) is 3.29. The van der Waals surface area contributed by atoms with Crippen LogP contribution in [-0.4, -0.2) is 48.1 Å². The third-order valence-electron chi connectivity index (χ3n) is 4.07. The number of rotatable bonds is 7. The van der Waals surface area contributed by atoms with E-state index in [0.717, 1.165) is 18.0 Å².